The molecule has 44 heavy (non-hydrogen) atoms. The molecule has 4 aromatic carbocycles. The smallest absolute Gasteiger partial charge is 0.253 e. The Morgan fingerprint density at radius 1 is 0.841 bits per heavy atom. The first-order valence-corrected chi connectivity index (χ1v) is 15.4. The van der Waals surface area contributed by atoms with Crippen molar-refractivity contribution in [2.45, 2.75) is 50.7 Å². The highest BCUT2D eigenvalue weighted by atomic mass is 16.2. The number of para-hydroxylation sites is 1. The molecule has 0 bridgehead atoms. The maximum atomic E-state index is 14.0. The summed E-state index contributed by atoms with van der Waals surface area (Å²) in [5.74, 6) is -0.968. The third kappa shape index (κ3) is 6.37. The van der Waals surface area contributed by atoms with E-state index in [1.54, 1.807) is 18.1 Å². The molecule has 7 nitrogen and oxygen atoms in total. The highest BCUT2D eigenvalue weighted by Crippen LogP contribution is 2.27. The number of H-pyrrole nitrogens is 1. The van der Waals surface area contributed by atoms with Gasteiger partial charge in [-0.3, -0.25) is 14.4 Å². The third-order valence-electron chi connectivity index (χ3n) is 8.81. The minimum absolute atomic E-state index is 0.148. The molecule has 0 spiro atoms. The zero-order chi connectivity index (χ0) is 30.5. The molecule has 1 aliphatic carbocycles. The monoisotopic (exact) mass is 586 g/mol. The van der Waals surface area contributed by atoms with Crippen LogP contribution in [0.25, 0.3) is 21.7 Å². The second kappa shape index (κ2) is 13.2. The topological polar surface area (TPSA) is 94.3 Å². The van der Waals surface area contributed by atoms with Crippen LogP contribution in [0.3, 0.4) is 0 Å². The largest absolute Gasteiger partial charge is 0.360 e. The molecule has 1 heterocycles. The lowest BCUT2D eigenvalue weighted by molar-refractivity contribution is -0.137. The van der Waals surface area contributed by atoms with Crippen LogP contribution in [0.1, 0.15) is 47.2 Å². The Labute approximate surface area is 257 Å². The molecule has 224 valence electrons. The summed E-state index contributed by atoms with van der Waals surface area (Å²) in [4.78, 5) is 46.2. The minimum atomic E-state index is -0.756. The van der Waals surface area contributed by atoms with Crippen molar-refractivity contribution in [3.05, 3.63) is 120 Å². The van der Waals surface area contributed by atoms with Gasteiger partial charge in [-0.05, 0) is 40.8 Å². The van der Waals surface area contributed by atoms with Crippen molar-refractivity contribution in [3.8, 4) is 0 Å². The average molecular weight is 587 g/mol. The second-order valence-electron chi connectivity index (χ2n) is 11.8. The molecule has 1 fully saturated rings. The third-order valence-corrected chi connectivity index (χ3v) is 8.81. The van der Waals surface area contributed by atoms with Gasteiger partial charge in [0, 0.05) is 43.2 Å². The number of fused-ring (bicyclic) bond motifs is 2. The number of nitrogens with zero attached hydrogens (tertiary/aromatic N) is 1. The van der Waals surface area contributed by atoms with Crippen LogP contribution >= 0.6 is 0 Å². The summed E-state index contributed by atoms with van der Waals surface area (Å²) in [5.41, 5.74) is 3.48. The second-order valence-corrected chi connectivity index (χ2v) is 11.8. The maximum Gasteiger partial charge on any atom is 0.253 e. The number of hydrogen-bond acceptors (Lipinski definition) is 3. The van der Waals surface area contributed by atoms with Gasteiger partial charge in [-0.2, -0.15) is 0 Å². The highest BCUT2D eigenvalue weighted by molar-refractivity contribution is 6.07. The van der Waals surface area contributed by atoms with Crippen LogP contribution in [-0.4, -0.2) is 46.7 Å². The van der Waals surface area contributed by atoms with Crippen LogP contribution in [0.5, 0.6) is 0 Å². The Kier molecular flexibility index (Phi) is 8.73. The summed E-state index contributed by atoms with van der Waals surface area (Å²) in [6.07, 6.45) is 5.28. The molecule has 0 saturated heterocycles. The number of carbonyl (C=O) groups is 3. The van der Waals surface area contributed by atoms with Crippen LogP contribution in [0.2, 0.25) is 0 Å². The summed E-state index contributed by atoms with van der Waals surface area (Å²) in [7, 11) is 1.78. The lowest BCUT2D eigenvalue weighted by Crippen LogP contribution is -2.54. The average Bonchev–Trinajstić information content (AvgIpc) is 3.49. The van der Waals surface area contributed by atoms with Crippen LogP contribution in [0.15, 0.2) is 103 Å². The highest BCUT2D eigenvalue weighted by Gasteiger charge is 2.35. The fraction of sp³-hybridized carbons (Fsp3) is 0.270. The number of nitrogens with one attached hydrogen (secondary N) is 3. The Bertz CT molecular complexity index is 1770. The summed E-state index contributed by atoms with van der Waals surface area (Å²) in [6.45, 7) is 0.439. The van der Waals surface area contributed by atoms with Crippen LogP contribution in [0, 0.1) is 5.92 Å². The Hall–Kier alpha value is -4.91. The van der Waals surface area contributed by atoms with Crippen molar-refractivity contribution < 1.29 is 14.4 Å². The van der Waals surface area contributed by atoms with E-state index in [9.17, 15) is 14.4 Å². The summed E-state index contributed by atoms with van der Waals surface area (Å²) in [6, 6.07) is 30.6. The molecule has 3 amide bonds. The van der Waals surface area contributed by atoms with Gasteiger partial charge in [0.05, 0.1) is 11.5 Å². The van der Waals surface area contributed by atoms with E-state index in [1.165, 1.54) is 0 Å². The number of benzene rings is 4. The normalized spacial score (nSPS) is 17.2. The molecule has 1 aliphatic rings. The van der Waals surface area contributed by atoms with E-state index in [-0.39, 0.29) is 23.8 Å². The van der Waals surface area contributed by atoms with Crippen molar-refractivity contribution in [1.29, 1.82) is 0 Å². The lowest BCUT2D eigenvalue weighted by atomic mass is 9.83. The van der Waals surface area contributed by atoms with Crippen molar-refractivity contribution in [3.63, 3.8) is 0 Å². The van der Waals surface area contributed by atoms with E-state index >= 15 is 0 Å². The fourth-order valence-electron chi connectivity index (χ4n) is 6.49. The summed E-state index contributed by atoms with van der Waals surface area (Å²) >= 11 is 0. The van der Waals surface area contributed by atoms with E-state index < -0.39 is 12.0 Å². The fourth-order valence-corrected chi connectivity index (χ4v) is 6.49. The number of hydrogen-bond donors (Lipinski definition) is 3. The van der Waals surface area contributed by atoms with E-state index in [0.717, 1.165) is 45.6 Å². The predicted octanol–water partition coefficient (Wildman–Crippen LogP) is 6.00. The lowest BCUT2D eigenvalue weighted by Gasteiger charge is -2.33. The Morgan fingerprint density at radius 3 is 2.39 bits per heavy atom. The van der Waals surface area contributed by atoms with E-state index in [4.69, 9.17) is 0 Å². The van der Waals surface area contributed by atoms with Crippen LogP contribution in [-0.2, 0) is 22.6 Å². The van der Waals surface area contributed by atoms with Gasteiger partial charge in [-0.25, -0.2) is 0 Å². The van der Waals surface area contributed by atoms with Gasteiger partial charge in [-0.1, -0.05) is 104 Å². The zero-order valence-corrected chi connectivity index (χ0v) is 25.0. The summed E-state index contributed by atoms with van der Waals surface area (Å²) < 4.78 is 0. The minimum Gasteiger partial charge on any atom is -0.360 e. The van der Waals surface area contributed by atoms with Gasteiger partial charge in [0.15, 0.2) is 0 Å². The molecule has 3 atom stereocenters. The number of aromatic nitrogens is 1. The number of rotatable bonds is 9. The van der Waals surface area contributed by atoms with Crippen LogP contribution < -0.4 is 10.6 Å². The molecule has 1 saturated carbocycles. The number of likely N-dealkylation sites (N-methyl/N-ethyl adjacent to an activating group) is 1. The van der Waals surface area contributed by atoms with Gasteiger partial charge in [-0.15, -0.1) is 0 Å². The van der Waals surface area contributed by atoms with Crippen LogP contribution in [0.4, 0.5) is 0 Å². The first kappa shape index (κ1) is 29.2. The molecule has 7 heteroatoms. The van der Waals surface area contributed by atoms with Gasteiger partial charge in [0.1, 0.15) is 6.04 Å². The van der Waals surface area contributed by atoms with E-state index in [1.807, 2.05) is 78.9 Å². The maximum absolute atomic E-state index is 14.0. The first-order chi connectivity index (χ1) is 21.5. The molecule has 0 unspecified atom stereocenters. The summed E-state index contributed by atoms with van der Waals surface area (Å²) in [5, 5.41) is 9.31. The van der Waals surface area contributed by atoms with Crippen molar-refractivity contribution >= 4 is 39.4 Å². The SMILES string of the molecule is CN(Cc1ccccc1)C(=O)[C@H](Cc1cccc2ccccc12)NC(=O)[C@@H]1CCCC[C@@H]1NC(=O)c1c[nH]c2ccccc12. The quantitative estimate of drug-likeness (QED) is 0.198. The molecule has 3 N–H and O–H groups in total. The van der Waals surface area contributed by atoms with Crippen molar-refractivity contribution in [1.82, 2.24) is 20.5 Å². The number of amides is 3. The van der Waals surface area contributed by atoms with Gasteiger partial charge >= 0.3 is 0 Å². The van der Waals surface area contributed by atoms with Gasteiger partial charge in [0.25, 0.3) is 5.91 Å². The number of aromatic amines is 1. The van der Waals surface area contributed by atoms with Gasteiger partial charge in [0.2, 0.25) is 11.8 Å². The first-order valence-electron chi connectivity index (χ1n) is 15.4. The molecule has 0 aliphatic heterocycles. The standard InChI is InChI=1S/C37H38N4O3/c1-41(24-25-12-3-2-4-13-25)37(44)34(22-27-16-11-15-26-14-5-6-17-28(26)27)40-35(42)30-19-8-10-21-33(30)39-36(43)31-23-38-32-20-9-7-18-29(31)32/h2-7,9,11-18,20,23,30,33-34,38H,8,10,19,21-22,24H2,1H3,(H,39,43)(H,40,42)/t30-,33+,34+/m1/s1. The molecular weight excluding hydrogens is 548 g/mol. The Balaban J connectivity index is 1.23. The molecule has 1 aromatic heterocycles. The molecule has 6 rings (SSSR count). The predicted molar refractivity (Wildman–Crippen MR) is 174 cm³/mol. The molecule has 5 aromatic rings. The van der Waals surface area contributed by atoms with E-state index in [2.05, 4.69) is 33.8 Å². The Morgan fingerprint density at radius 2 is 1.55 bits per heavy atom. The zero-order valence-electron chi connectivity index (χ0n) is 25.0. The molecular formula is C37H38N4O3. The van der Waals surface area contributed by atoms with Crippen molar-refractivity contribution in [2.75, 3.05) is 7.05 Å². The van der Waals surface area contributed by atoms with Gasteiger partial charge < -0.3 is 20.5 Å². The molecule has 0 radical (unpaired) electrons. The number of carbonyl (C=O) groups excluding carboxylic acids is 3. The van der Waals surface area contributed by atoms with Crippen molar-refractivity contribution in [2.24, 2.45) is 5.92 Å². The van der Waals surface area contributed by atoms with E-state index in [0.29, 0.717) is 31.4 Å².